The smallest absolute Gasteiger partial charge is 0.308 e. The molecule has 88 valence electrons. The number of rotatable bonds is 0. The van der Waals surface area contributed by atoms with Crippen LogP contribution in [0.4, 0.5) is 13.2 Å². The molecule has 0 saturated carbocycles. The zero-order chi connectivity index (χ0) is 11.9. The van der Waals surface area contributed by atoms with Crippen LogP contribution in [0.25, 0.3) is 0 Å². The van der Waals surface area contributed by atoms with E-state index in [1.54, 1.807) is 4.98 Å². The Labute approximate surface area is 88.9 Å². The van der Waals surface area contributed by atoms with E-state index in [4.69, 9.17) is 0 Å². The van der Waals surface area contributed by atoms with Crippen LogP contribution in [0.3, 0.4) is 0 Å². The van der Waals surface area contributed by atoms with Gasteiger partial charge in [-0.25, -0.2) is 4.98 Å². The van der Waals surface area contributed by atoms with E-state index >= 15 is 0 Å². The van der Waals surface area contributed by atoms with Crippen molar-refractivity contribution in [1.82, 2.24) is 15.3 Å². The summed E-state index contributed by atoms with van der Waals surface area (Å²) in [5.41, 5.74) is -0.154. The number of hydrogen-bond donors (Lipinski definition) is 2. The normalized spacial score (nSPS) is 20.6. The van der Waals surface area contributed by atoms with Gasteiger partial charge in [-0.3, -0.25) is 4.79 Å². The first-order valence-electron chi connectivity index (χ1n) is 4.80. The maximum atomic E-state index is 12.4. The number of fused-ring (bicyclic) bond motifs is 1. The molecule has 0 aromatic carbocycles. The van der Waals surface area contributed by atoms with E-state index in [0.29, 0.717) is 12.0 Å². The first-order chi connectivity index (χ1) is 7.38. The highest BCUT2D eigenvalue weighted by Gasteiger charge is 2.35. The molecule has 0 aliphatic carbocycles. The molecule has 1 atom stereocenters. The van der Waals surface area contributed by atoms with Crippen molar-refractivity contribution in [2.24, 2.45) is 0 Å². The average Bonchev–Trinajstić information content (AvgIpc) is 2.17. The minimum atomic E-state index is -4.61. The van der Waals surface area contributed by atoms with E-state index in [1.807, 2.05) is 6.92 Å². The summed E-state index contributed by atoms with van der Waals surface area (Å²) in [5, 5.41) is 2.96. The highest BCUT2D eigenvalue weighted by Crippen LogP contribution is 2.26. The Kier molecular flexibility index (Phi) is 2.49. The number of alkyl halides is 3. The summed E-state index contributed by atoms with van der Waals surface area (Å²) in [6, 6.07) is 0.0761. The van der Waals surface area contributed by atoms with Gasteiger partial charge in [0, 0.05) is 18.2 Å². The van der Waals surface area contributed by atoms with E-state index < -0.39 is 17.6 Å². The summed E-state index contributed by atoms with van der Waals surface area (Å²) in [6.07, 6.45) is -4.22. The fourth-order valence-electron chi connectivity index (χ4n) is 1.68. The molecule has 0 bridgehead atoms. The van der Waals surface area contributed by atoms with Crippen LogP contribution in [-0.4, -0.2) is 16.0 Å². The Morgan fingerprint density at radius 2 is 2.12 bits per heavy atom. The molecule has 1 aliphatic rings. The van der Waals surface area contributed by atoms with E-state index in [1.165, 1.54) is 0 Å². The van der Waals surface area contributed by atoms with E-state index in [9.17, 15) is 18.0 Å². The van der Waals surface area contributed by atoms with Gasteiger partial charge in [-0.05, 0) is 13.3 Å². The second-order valence-electron chi connectivity index (χ2n) is 3.82. The number of nitrogens with one attached hydrogen (secondary N) is 2. The zero-order valence-corrected chi connectivity index (χ0v) is 8.48. The summed E-state index contributed by atoms with van der Waals surface area (Å²) in [4.78, 5) is 16.7. The molecule has 0 fully saturated rings. The molecule has 2 heterocycles. The molecular weight excluding hydrogens is 223 g/mol. The summed E-state index contributed by atoms with van der Waals surface area (Å²) in [5.74, 6) is -1.23. The topological polar surface area (TPSA) is 57.8 Å². The summed E-state index contributed by atoms with van der Waals surface area (Å²) in [6.45, 7) is 2.06. The summed E-state index contributed by atoms with van der Waals surface area (Å²) >= 11 is 0. The Morgan fingerprint density at radius 3 is 2.75 bits per heavy atom. The highest BCUT2D eigenvalue weighted by atomic mass is 19.4. The lowest BCUT2D eigenvalue weighted by Gasteiger charge is -2.22. The fourth-order valence-corrected chi connectivity index (χ4v) is 1.68. The molecule has 4 nitrogen and oxygen atoms in total. The predicted octanol–water partition coefficient (Wildman–Crippen LogP) is 0.823. The van der Waals surface area contributed by atoms with Crippen LogP contribution >= 0.6 is 0 Å². The average molecular weight is 233 g/mol. The quantitative estimate of drug-likeness (QED) is 0.697. The molecule has 0 radical (unpaired) electrons. The van der Waals surface area contributed by atoms with Crippen molar-refractivity contribution in [3.63, 3.8) is 0 Å². The van der Waals surface area contributed by atoms with Crippen molar-refractivity contribution in [2.75, 3.05) is 0 Å². The monoisotopic (exact) mass is 233 g/mol. The van der Waals surface area contributed by atoms with Gasteiger partial charge in [0.1, 0.15) is 0 Å². The first kappa shape index (κ1) is 11.1. The molecule has 1 aromatic rings. The van der Waals surface area contributed by atoms with Crippen molar-refractivity contribution in [1.29, 1.82) is 0 Å². The van der Waals surface area contributed by atoms with Gasteiger partial charge in [0.2, 0.25) is 5.82 Å². The van der Waals surface area contributed by atoms with Crippen LogP contribution in [0.2, 0.25) is 0 Å². The minimum Gasteiger partial charge on any atom is -0.308 e. The molecule has 7 heteroatoms. The lowest BCUT2D eigenvalue weighted by Crippen LogP contribution is -2.38. The molecule has 1 unspecified atom stereocenters. The molecule has 0 saturated heterocycles. The summed E-state index contributed by atoms with van der Waals surface area (Å²) < 4.78 is 37.1. The van der Waals surface area contributed by atoms with E-state index in [-0.39, 0.29) is 18.3 Å². The van der Waals surface area contributed by atoms with Gasteiger partial charge in [-0.15, -0.1) is 0 Å². The zero-order valence-electron chi connectivity index (χ0n) is 8.48. The molecule has 2 rings (SSSR count). The molecule has 1 aromatic heterocycles. The van der Waals surface area contributed by atoms with Crippen LogP contribution in [0, 0.1) is 0 Å². The fraction of sp³-hybridized carbons (Fsp3) is 0.556. The van der Waals surface area contributed by atoms with Crippen molar-refractivity contribution in [2.45, 2.75) is 32.1 Å². The Balaban J connectivity index is 2.51. The largest absolute Gasteiger partial charge is 0.449 e. The van der Waals surface area contributed by atoms with Gasteiger partial charge in [0.25, 0.3) is 5.56 Å². The van der Waals surface area contributed by atoms with Gasteiger partial charge < -0.3 is 10.3 Å². The van der Waals surface area contributed by atoms with Crippen LogP contribution < -0.4 is 10.9 Å². The number of aromatic amines is 1. The van der Waals surface area contributed by atoms with Crippen LogP contribution in [0.1, 0.15) is 24.0 Å². The second-order valence-corrected chi connectivity index (χ2v) is 3.82. The Morgan fingerprint density at radius 1 is 1.44 bits per heavy atom. The second kappa shape index (κ2) is 3.58. The Hall–Kier alpha value is -1.37. The number of H-pyrrole nitrogens is 1. The molecule has 0 spiro atoms. The standard InChI is InChI=1S/C9H10F3N3O/c1-4-2-5-6(3-13-4)14-8(9(10,11)12)15-7(5)16/h4,13H,2-3H2,1H3,(H,14,15,16). The SMILES string of the molecule is CC1Cc2c(nc(C(F)(F)F)[nH]c2=O)CN1. The number of hydrogen-bond acceptors (Lipinski definition) is 3. The van der Waals surface area contributed by atoms with Crippen molar-refractivity contribution in [3.8, 4) is 0 Å². The molecule has 1 aliphatic heterocycles. The lowest BCUT2D eigenvalue weighted by atomic mass is 10.0. The van der Waals surface area contributed by atoms with Crippen molar-refractivity contribution >= 4 is 0 Å². The van der Waals surface area contributed by atoms with Gasteiger partial charge in [0.15, 0.2) is 0 Å². The minimum absolute atomic E-state index is 0.0761. The molecule has 0 amide bonds. The molecular formula is C9H10F3N3O. The maximum absolute atomic E-state index is 12.4. The predicted molar refractivity (Wildman–Crippen MR) is 49.9 cm³/mol. The molecule has 2 N–H and O–H groups in total. The third-order valence-corrected chi connectivity index (χ3v) is 2.50. The number of nitrogens with zero attached hydrogens (tertiary/aromatic N) is 1. The first-order valence-corrected chi connectivity index (χ1v) is 4.80. The van der Waals surface area contributed by atoms with Gasteiger partial charge in [0.05, 0.1) is 5.69 Å². The van der Waals surface area contributed by atoms with Gasteiger partial charge in [-0.2, -0.15) is 13.2 Å². The van der Waals surface area contributed by atoms with Gasteiger partial charge in [-0.1, -0.05) is 0 Å². The molecule has 16 heavy (non-hydrogen) atoms. The third-order valence-electron chi connectivity index (χ3n) is 2.50. The number of aromatic nitrogens is 2. The Bertz CT molecular complexity index is 466. The van der Waals surface area contributed by atoms with E-state index in [0.717, 1.165) is 0 Å². The van der Waals surface area contributed by atoms with Crippen LogP contribution in [0.5, 0.6) is 0 Å². The summed E-state index contributed by atoms with van der Waals surface area (Å²) in [7, 11) is 0. The van der Waals surface area contributed by atoms with Gasteiger partial charge >= 0.3 is 6.18 Å². The van der Waals surface area contributed by atoms with Crippen LogP contribution in [0.15, 0.2) is 4.79 Å². The van der Waals surface area contributed by atoms with Crippen molar-refractivity contribution < 1.29 is 13.2 Å². The van der Waals surface area contributed by atoms with E-state index in [2.05, 4.69) is 10.3 Å². The van der Waals surface area contributed by atoms with Crippen LogP contribution in [-0.2, 0) is 19.1 Å². The highest BCUT2D eigenvalue weighted by molar-refractivity contribution is 5.22. The lowest BCUT2D eigenvalue weighted by molar-refractivity contribution is -0.145. The number of halogens is 3. The van der Waals surface area contributed by atoms with Crippen molar-refractivity contribution in [3.05, 3.63) is 27.4 Å². The third kappa shape index (κ3) is 1.95. The maximum Gasteiger partial charge on any atom is 0.449 e.